The Morgan fingerprint density at radius 2 is 1.11 bits per heavy atom. The quantitative estimate of drug-likeness (QED) is 0.115. The van der Waals surface area contributed by atoms with Crippen LogP contribution >= 0.6 is 45.9 Å². The summed E-state index contributed by atoms with van der Waals surface area (Å²) < 4.78 is 71.0. The van der Waals surface area contributed by atoms with E-state index in [0.29, 0.717) is 33.4 Å². The molecule has 0 aliphatic rings. The summed E-state index contributed by atoms with van der Waals surface area (Å²) in [4.78, 5) is 24.2. The number of hydrogen-bond acceptors (Lipinski definition) is 10. The van der Waals surface area contributed by atoms with Crippen molar-refractivity contribution in [2.24, 2.45) is 0 Å². The van der Waals surface area contributed by atoms with Gasteiger partial charge in [0, 0.05) is 43.2 Å². The summed E-state index contributed by atoms with van der Waals surface area (Å²) in [5.74, 6) is -1.01. The highest BCUT2D eigenvalue weighted by Crippen LogP contribution is 2.38. The lowest BCUT2D eigenvalue weighted by Crippen LogP contribution is -2.14. The molecule has 4 aromatic carbocycles. The van der Waals surface area contributed by atoms with Gasteiger partial charge in [0.2, 0.25) is 0 Å². The maximum atomic E-state index is 13.0. The molecule has 296 valence electrons. The van der Waals surface area contributed by atoms with Crippen LogP contribution in [0.4, 0.5) is 11.4 Å². The van der Waals surface area contributed by atoms with Crippen molar-refractivity contribution in [3.63, 3.8) is 0 Å². The molecule has 0 saturated carbocycles. The summed E-state index contributed by atoms with van der Waals surface area (Å²) in [6.07, 6.45) is 3.76. The number of fused-ring (bicyclic) bond motifs is 2. The molecule has 3 aromatic heterocycles. The monoisotopic (exact) mass is 883 g/mol. The van der Waals surface area contributed by atoms with Crippen LogP contribution in [-0.2, 0) is 36.1 Å². The van der Waals surface area contributed by atoms with Crippen molar-refractivity contribution in [1.82, 2.24) is 4.57 Å². The topological polar surface area (TPSA) is 150 Å². The lowest BCUT2D eigenvalue weighted by Gasteiger charge is -2.10. The van der Waals surface area contributed by atoms with Crippen LogP contribution in [0.25, 0.3) is 20.2 Å². The Kier molecular flexibility index (Phi) is 13.0. The highest BCUT2D eigenvalue weighted by atomic mass is 35.5. The molecule has 7 rings (SSSR count). The molecule has 17 heteroatoms. The van der Waals surface area contributed by atoms with Gasteiger partial charge in [-0.1, -0.05) is 35.3 Å². The van der Waals surface area contributed by atoms with Crippen LogP contribution in [0.15, 0.2) is 118 Å². The fourth-order valence-electron chi connectivity index (χ4n) is 5.74. The van der Waals surface area contributed by atoms with Gasteiger partial charge in [0.25, 0.3) is 20.0 Å². The Morgan fingerprint density at radius 3 is 1.56 bits per heavy atom. The van der Waals surface area contributed by atoms with Gasteiger partial charge >= 0.3 is 11.9 Å². The molecule has 3 heterocycles. The third-order valence-corrected chi connectivity index (χ3v) is 15.4. The first-order chi connectivity index (χ1) is 27.1. The lowest BCUT2D eigenvalue weighted by atomic mass is 10.2. The van der Waals surface area contributed by atoms with Gasteiger partial charge < -0.3 is 14.0 Å². The highest BCUT2D eigenvalue weighted by Gasteiger charge is 2.24. The Bertz CT molecular complexity index is 2820. The zero-order valence-electron chi connectivity index (χ0n) is 30.6. The van der Waals surface area contributed by atoms with E-state index in [1.165, 1.54) is 34.8 Å². The van der Waals surface area contributed by atoms with E-state index in [-0.39, 0.29) is 38.4 Å². The number of sulfonamides is 2. The molecule has 0 saturated heterocycles. The smallest absolute Gasteiger partial charge is 0.338 e. The number of aromatic nitrogens is 1. The Balaban J connectivity index is 0.000000196. The second-order valence-electron chi connectivity index (χ2n) is 12.5. The summed E-state index contributed by atoms with van der Waals surface area (Å²) in [6, 6.07) is 26.8. The molecule has 7 aromatic rings. The zero-order valence-corrected chi connectivity index (χ0v) is 35.4. The summed E-state index contributed by atoms with van der Waals surface area (Å²) in [5.41, 5.74) is 2.41. The molecule has 0 spiro atoms. The van der Waals surface area contributed by atoms with Crippen LogP contribution in [-0.4, -0.2) is 46.6 Å². The molecule has 0 fully saturated rings. The number of nitrogens with zero attached hydrogens (tertiary/aromatic N) is 1. The average molecular weight is 885 g/mol. The standard InChI is InChI=1S/C22H19ClN2O4S2.C18H16ClNO4S2/c1-15-19-14-17(23)7-8-20(19)30-22(15)31(27,28)24-18-6-4-5-16(13-18)21(26)29-12-11-25-9-2-3-10-25;1-3-24-17(21)12-5-4-6-14(9-12)20-26(22,23)18-11(2)15-10-13(19)7-8-16(15)25-18/h2-10,13-14,24H,11-12H2,1H3;4-10,20H,3H2,1-2H3. The van der Waals surface area contributed by atoms with E-state index in [9.17, 15) is 26.4 Å². The van der Waals surface area contributed by atoms with E-state index in [2.05, 4.69) is 9.44 Å². The number of anilines is 2. The van der Waals surface area contributed by atoms with Gasteiger partial charge in [-0.3, -0.25) is 9.44 Å². The Hall–Kier alpha value is -4.90. The molecule has 57 heavy (non-hydrogen) atoms. The Morgan fingerprint density at radius 1 is 0.649 bits per heavy atom. The van der Waals surface area contributed by atoms with Gasteiger partial charge in [0.05, 0.1) is 24.3 Å². The second-order valence-corrected chi connectivity index (χ2v) is 19.2. The van der Waals surface area contributed by atoms with E-state index in [1.54, 1.807) is 93.6 Å². The van der Waals surface area contributed by atoms with Gasteiger partial charge in [0.15, 0.2) is 0 Å². The van der Waals surface area contributed by atoms with Crippen molar-refractivity contribution in [2.75, 3.05) is 22.7 Å². The molecular formula is C40H35Cl2N3O8S4. The minimum atomic E-state index is -3.84. The number of hydrogen-bond donors (Lipinski definition) is 2. The Labute approximate surface area is 347 Å². The van der Waals surface area contributed by atoms with Crippen molar-refractivity contribution in [1.29, 1.82) is 0 Å². The van der Waals surface area contributed by atoms with Gasteiger partial charge in [-0.15, -0.1) is 22.7 Å². The molecular weight excluding hydrogens is 850 g/mol. The van der Waals surface area contributed by atoms with Crippen molar-refractivity contribution in [3.8, 4) is 0 Å². The largest absolute Gasteiger partial charge is 0.462 e. The number of carbonyl (C=O) groups excluding carboxylic acids is 2. The SMILES string of the molecule is CCOC(=O)c1cccc(NS(=O)(=O)c2sc3ccc(Cl)cc3c2C)c1.Cc1c(S(=O)(=O)Nc2cccc(C(=O)OCCn3cccc3)c2)sc2ccc(Cl)cc12. The molecule has 0 amide bonds. The lowest BCUT2D eigenvalue weighted by molar-refractivity contribution is 0.0489. The predicted molar refractivity (Wildman–Crippen MR) is 228 cm³/mol. The summed E-state index contributed by atoms with van der Waals surface area (Å²) >= 11 is 14.4. The average Bonchev–Trinajstić information content (AvgIpc) is 3.90. The molecule has 2 N–H and O–H groups in total. The van der Waals surface area contributed by atoms with E-state index in [1.807, 2.05) is 29.1 Å². The van der Waals surface area contributed by atoms with Crippen molar-refractivity contribution in [2.45, 2.75) is 35.7 Å². The first-order valence-corrected chi connectivity index (χ1v) is 22.6. The number of carbonyl (C=O) groups is 2. The fraction of sp³-hybridized carbons (Fsp3) is 0.150. The van der Waals surface area contributed by atoms with Gasteiger partial charge in [-0.05, 0) is 128 Å². The molecule has 0 bridgehead atoms. The zero-order chi connectivity index (χ0) is 40.9. The second kappa shape index (κ2) is 17.7. The number of halogens is 2. The van der Waals surface area contributed by atoms with Crippen LogP contribution < -0.4 is 9.44 Å². The number of benzene rings is 4. The molecule has 0 aliphatic carbocycles. The van der Waals surface area contributed by atoms with Crippen molar-refractivity contribution in [3.05, 3.63) is 142 Å². The molecule has 11 nitrogen and oxygen atoms in total. The van der Waals surface area contributed by atoms with Crippen LogP contribution in [0.5, 0.6) is 0 Å². The number of aryl methyl sites for hydroxylation is 2. The van der Waals surface area contributed by atoms with Gasteiger partial charge in [0.1, 0.15) is 15.0 Å². The van der Waals surface area contributed by atoms with E-state index in [4.69, 9.17) is 32.7 Å². The fourth-order valence-corrected chi connectivity index (χ4v) is 11.7. The summed E-state index contributed by atoms with van der Waals surface area (Å²) in [7, 11) is -7.64. The maximum absolute atomic E-state index is 13.0. The molecule has 0 radical (unpaired) electrons. The summed E-state index contributed by atoms with van der Waals surface area (Å²) in [5, 5.41) is 2.71. The maximum Gasteiger partial charge on any atom is 0.338 e. The third-order valence-electron chi connectivity index (χ3n) is 8.42. The molecule has 0 atom stereocenters. The van der Waals surface area contributed by atoms with Gasteiger partial charge in [-0.2, -0.15) is 0 Å². The van der Waals surface area contributed by atoms with E-state index < -0.39 is 32.0 Å². The van der Waals surface area contributed by atoms with E-state index in [0.717, 1.165) is 20.2 Å². The first-order valence-electron chi connectivity index (χ1n) is 17.2. The molecule has 0 aliphatic heterocycles. The molecule has 0 unspecified atom stereocenters. The normalized spacial score (nSPS) is 11.5. The predicted octanol–water partition coefficient (Wildman–Crippen LogP) is 10.2. The van der Waals surface area contributed by atoms with E-state index >= 15 is 0 Å². The van der Waals surface area contributed by atoms with Crippen LogP contribution in [0.1, 0.15) is 38.8 Å². The van der Waals surface area contributed by atoms with Crippen molar-refractivity contribution < 1.29 is 35.9 Å². The van der Waals surface area contributed by atoms with Crippen LogP contribution in [0, 0.1) is 13.8 Å². The van der Waals surface area contributed by atoms with Crippen molar-refractivity contribution >= 4 is 109 Å². The highest BCUT2D eigenvalue weighted by molar-refractivity contribution is 7.95. The summed E-state index contributed by atoms with van der Waals surface area (Å²) in [6.45, 7) is 6.22. The first kappa shape index (κ1) is 41.7. The van der Waals surface area contributed by atoms with Crippen LogP contribution in [0.2, 0.25) is 10.0 Å². The van der Waals surface area contributed by atoms with Crippen LogP contribution in [0.3, 0.4) is 0 Å². The third kappa shape index (κ3) is 9.98. The minimum absolute atomic E-state index is 0.212. The van der Waals surface area contributed by atoms with Gasteiger partial charge in [-0.25, -0.2) is 26.4 Å². The number of rotatable bonds is 12. The number of ether oxygens (including phenoxy) is 2. The number of nitrogens with one attached hydrogen (secondary N) is 2. The number of thiophene rings is 2. The number of esters is 2. The minimum Gasteiger partial charge on any atom is -0.462 e.